The van der Waals surface area contributed by atoms with Gasteiger partial charge in [-0.3, -0.25) is 0 Å². The van der Waals surface area contributed by atoms with Gasteiger partial charge in [-0.2, -0.15) is 0 Å². The molecule has 5 aliphatic heterocycles. The summed E-state index contributed by atoms with van der Waals surface area (Å²) in [5.74, 6) is -29.9. The number of hydrogen-bond donors (Lipinski definition) is 17. The molecule has 0 spiro atoms. The van der Waals surface area contributed by atoms with E-state index in [1.54, 1.807) is 0 Å². The SMILES string of the molecule is O=C1OC[C@@H]2OC(=O)c3cc(O)c(O)c(O)c3-c3c(O)c(O)c(O)c4c3C(=O)O[C@H]([C@H]3O[C@H](O)c5c-4c(O)c(O)c(O)c5[C@@H]3O)[C@@H]2OC(=O)c2cc(O)c(O)c(O)c2-c2c1cc(O)c(O)c2O. The molecule has 0 radical (unpaired) electrons. The second-order valence-electron chi connectivity index (χ2n) is 15.1. The van der Waals surface area contributed by atoms with Gasteiger partial charge in [-0.05, 0) is 18.2 Å². The van der Waals surface area contributed by atoms with Crippen LogP contribution < -0.4 is 0 Å². The molecular formula is C41H28O26. The molecule has 0 aliphatic carbocycles. The number of carbonyl (C=O) groups excluding carboxylic acids is 4. The number of phenols is 15. The number of aliphatic hydroxyl groups is 2. The number of rotatable bonds is 0. The van der Waals surface area contributed by atoms with Crippen LogP contribution in [0.5, 0.6) is 86.2 Å². The molecule has 5 heterocycles. The lowest BCUT2D eigenvalue weighted by atomic mass is 9.80. The Kier molecular flexibility index (Phi) is 9.29. The highest BCUT2D eigenvalue weighted by Crippen LogP contribution is 2.63. The van der Waals surface area contributed by atoms with Crippen LogP contribution in [0.15, 0.2) is 18.2 Å². The van der Waals surface area contributed by atoms with Crippen molar-refractivity contribution >= 4 is 23.9 Å². The first-order valence-corrected chi connectivity index (χ1v) is 18.8. The summed E-state index contributed by atoms with van der Waals surface area (Å²) in [7, 11) is 0. The molecule has 0 fully saturated rings. The molecule has 6 bridgehead atoms. The maximum Gasteiger partial charge on any atom is 0.340 e. The molecule has 0 unspecified atom stereocenters. The molecule has 5 aromatic carbocycles. The van der Waals surface area contributed by atoms with Crippen molar-refractivity contribution in [1.82, 2.24) is 0 Å². The van der Waals surface area contributed by atoms with Gasteiger partial charge in [-0.1, -0.05) is 0 Å². The zero-order valence-corrected chi connectivity index (χ0v) is 32.7. The van der Waals surface area contributed by atoms with E-state index in [1.807, 2.05) is 0 Å². The minimum atomic E-state index is -2.73. The summed E-state index contributed by atoms with van der Waals surface area (Å²) in [5.41, 5.74) is -14.3. The Labute approximate surface area is 367 Å². The van der Waals surface area contributed by atoms with E-state index in [2.05, 4.69) is 0 Å². The highest BCUT2D eigenvalue weighted by molar-refractivity contribution is 6.14. The molecular weight excluding hydrogens is 908 g/mol. The monoisotopic (exact) mass is 936 g/mol. The summed E-state index contributed by atoms with van der Waals surface area (Å²) in [6.45, 7) is -1.49. The summed E-state index contributed by atoms with van der Waals surface area (Å²) < 4.78 is 28.1. The van der Waals surface area contributed by atoms with E-state index >= 15 is 4.79 Å². The van der Waals surface area contributed by atoms with E-state index in [-0.39, 0.29) is 0 Å². The molecule has 10 rings (SSSR count). The Morgan fingerprint density at radius 1 is 0.373 bits per heavy atom. The summed E-state index contributed by atoms with van der Waals surface area (Å²) in [6, 6.07) is 1.11. The molecule has 0 aromatic heterocycles. The third-order valence-electron chi connectivity index (χ3n) is 11.6. The summed E-state index contributed by atoms with van der Waals surface area (Å²) in [6.07, 6.45) is -15.8. The minimum Gasteiger partial charge on any atom is -0.504 e. The summed E-state index contributed by atoms with van der Waals surface area (Å²) >= 11 is 0. The van der Waals surface area contributed by atoms with E-state index in [0.29, 0.717) is 18.2 Å². The summed E-state index contributed by atoms with van der Waals surface area (Å²) in [5, 5.41) is 189. The van der Waals surface area contributed by atoms with E-state index in [4.69, 9.17) is 23.7 Å². The fourth-order valence-corrected chi connectivity index (χ4v) is 8.52. The van der Waals surface area contributed by atoms with Crippen molar-refractivity contribution in [3.8, 4) is 120 Å². The largest absolute Gasteiger partial charge is 0.504 e. The maximum absolute atomic E-state index is 15.0. The van der Waals surface area contributed by atoms with Crippen molar-refractivity contribution < 1.29 is 130 Å². The van der Waals surface area contributed by atoms with Gasteiger partial charge in [0.25, 0.3) is 0 Å². The molecule has 26 heteroatoms. The van der Waals surface area contributed by atoms with Crippen LogP contribution in [-0.4, -0.2) is 142 Å². The molecule has 348 valence electrons. The van der Waals surface area contributed by atoms with Crippen LogP contribution in [0, 0.1) is 0 Å². The third kappa shape index (κ3) is 5.79. The highest BCUT2D eigenvalue weighted by Gasteiger charge is 2.55. The smallest absolute Gasteiger partial charge is 0.340 e. The van der Waals surface area contributed by atoms with Crippen molar-refractivity contribution in [3.05, 3.63) is 51.6 Å². The maximum atomic E-state index is 15.0. The minimum absolute atomic E-state index is 0.337. The standard InChI is InChI=1S/C41H28O26/c42-8-1-5-12(24(48)21(8)45)13-6(2-9(43)22(46)25(13)49)39(60)65-34-11(4-63-37(5)58)64-38(59)7-3-10(44)23(47)26(50)14(7)15-18-16(28(52)32(56)27(15)51)17-19-20(30(54)33(57)29(17)53)31(55)35(66-41(19)62)36(34)67-40(18)61/h1-3,11,31,34-36,41-57,62H,4H2/t11-,31-,34+,35-,36-,41-/m0/s1. The van der Waals surface area contributed by atoms with Gasteiger partial charge in [-0.15, -0.1) is 0 Å². The zero-order valence-electron chi connectivity index (χ0n) is 32.7. The fourth-order valence-electron chi connectivity index (χ4n) is 8.52. The molecule has 5 aromatic rings. The molecule has 17 N–H and O–H groups in total. The van der Waals surface area contributed by atoms with Crippen molar-refractivity contribution in [1.29, 1.82) is 0 Å². The van der Waals surface area contributed by atoms with Gasteiger partial charge < -0.3 is 110 Å². The quantitative estimate of drug-likeness (QED) is 0.0588. The van der Waals surface area contributed by atoms with Crippen molar-refractivity contribution in [2.24, 2.45) is 0 Å². The van der Waals surface area contributed by atoms with Gasteiger partial charge in [0.2, 0.25) is 28.7 Å². The molecule has 0 amide bonds. The lowest BCUT2D eigenvalue weighted by Gasteiger charge is -2.42. The van der Waals surface area contributed by atoms with E-state index < -0.39 is 220 Å². The van der Waals surface area contributed by atoms with Crippen LogP contribution in [0.1, 0.15) is 65.0 Å². The Balaban J connectivity index is 1.43. The Morgan fingerprint density at radius 2 is 0.776 bits per heavy atom. The van der Waals surface area contributed by atoms with Crippen molar-refractivity contribution in [2.45, 2.75) is 36.8 Å². The number of carbonyl (C=O) groups is 4. The number of aromatic hydroxyl groups is 15. The van der Waals surface area contributed by atoms with Gasteiger partial charge in [0.1, 0.15) is 18.8 Å². The Bertz CT molecular complexity index is 3140. The third-order valence-corrected chi connectivity index (χ3v) is 11.6. The second-order valence-corrected chi connectivity index (χ2v) is 15.1. The number of ether oxygens (including phenoxy) is 5. The van der Waals surface area contributed by atoms with Gasteiger partial charge in [0.05, 0.1) is 22.3 Å². The average Bonchev–Trinajstić information content (AvgIpc) is 3.30. The normalized spacial score (nSPS) is 21.8. The molecule has 5 aliphatic rings. The van der Waals surface area contributed by atoms with Crippen LogP contribution in [0.3, 0.4) is 0 Å². The van der Waals surface area contributed by atoms with Crippen LogP contribution in [0.2, 0.25) is 0 Å². The van der Waals surface area contributed by atoms with Gasteiger partial charge in [0, 0.05) is 44.5 Å². The number of aliphatic hydroxyl groups excluding tert-OH is 2. The molecule has 26 nitrogen and oxygen atoms in total. The first-order chi connectivity index (χ1) is 31.5. The van der Waals surface area contributed by atoms with Gasteiger partial charge in [-0.25, -0.2) is 19.2 Å². The second kappa shape index (κ2) is 14.4. The molecule has 67 heavy (non-hydrogen) atoms. The number of fused-ring (bicyclic) bond motifs is 7. The van der Waals surface area contributed by atoms with Crippen molar-refractivity contribution in [2.75, 3.05) is 6.61 Å². The van der Waals surface area contributed by atoms with Gasteiger partial charge in [0.15, 0.2) is 82.1 Å². The zero-order chi connectivity index (χ0) is 48.7. The topological polar surface area (TPSA) is 458 Å². The lowest BCUT2D eigenvalue weighted by molar-refractivity contribution is -0.233. The molecule has 0 saturated heterocycles. The lowest BCUT2D eigenvalue weighted by Crippen LogP contribution is -2.55. The van der Waals surface area contributed by atoms with Crippen LogP contribution in [0.25, 0.3) is 33.4 Å². The van der Waals surface area contributed by atoms with Crippen LogP contribution >= 0.6 is 0 Å². The first kappa shape index (κ1) is 43.1. The highest BCUT2D eigenvalue weighted by atomic mass is 16.7. The number of cyclic esters (lactones) is 1. The average molecular weight is 937 g/mol. The van der Waals surface area contributed by atoms with E-state index in [9.17, 15) is 101 Å². The predicted molar refractivity (Wildman–Crippen MR) is 207 cm³/mol. The summed E-state index contributed by atoms with van der Waals surface area (Å²) in [4.78, 5) is 58.2. The fraction of sp³-hybridized carbons (Fsp3) is 0.171. The predicted octanol–water partition coefficient (Wildman–Crippen LogP) is 1.17. The number of hydrogen-bond acceptors (Lipinski definition) is 26. The Hall–Kier alpha value is -9.14. The Morgan fingerprint density at radius 3 is 1.30 bits per heavy atom. The van der Waals surface area contributed by atoms with Crippen LogP contribution in [-0.2, 0) is 23.7 Å². The number of phenolic OH excluding ortho intramolecular Hbond substituents is 15. The van der Waals surface area contributed by atoms with Crippen molar-refractivity contribution in [3.63, 3.8) is 0 Å². The number of esters is 4. The number of benzene rings is 5. The molecule has 0 saturated carbocycles. The molecule has 6 atom stereocenters. The van der Waals surface area contributed by atoms with E-state index in [1.165, 1.54) is 0 Å². The first-order valence-electron chi connectivity index (χ1n) is 18.8. The van der Waals surface area contributed by atoms with E-state index in [0.717, 1.165) is 0 Å². The van der Waals surface area contributed by atoms with Crippen LogP contribution in [0.4, 0.5) is 0 Å². The van der Waals surface area contributed by atoms with Gasteiger partial charge >= 0.3 is 23.9 Å².